The van der Waals surface area contributed by atoms with Gasteiger partial charge in [0.1, 0.15) is 0 Å². The van der Waals surface area contributed by atoms with Gasteiger partial charge in [-0.1, -0.05) is 37.1 Å². The van der Waals surface area contributed by atoms with E-state index in [1.54, 1.807) is 0 Å². The fraction of sp³-hybridized carbons (Fsp3) is 0.636. The Balaban J connectivity index is 2.88. The lowest BCUT2D eigenvalue weighted by molar-refractivity contribution is 0.351. The van der Waals surface area contributed by atoms with Gasteiger partial charge in [-0.25, -0.2) is 0 Å². The molecule has 1 aliphatic carbocycles. The highest BCUT2D eigenvalue weighted by molar-refractivity contribution is 5.25. The van der Waals surface area contributed by atoms with Gasteiger partial charge in [-0.3, -0.25) is 0 Å². The molecule has 0 saturated carbocycles. The molecule has 0 saturated heterocycles. The normalized spacial score (nSPS) is 36.0. The molecule has 0 aromatic heterocycles. The van der Waals surface area contributed by atoms with Gasteiger partial charge >= 0.3 is 0 Å². The molecule has 2 atom stereocenters. The molecule has 0 amide bonds. The van der Waals surface area contributed by atoms with E-state index in [0.717, 1.165) is 12.8 Å². The third-order valence-corrected chi connectivity index (χ3v) is 2.71. The van der Waals surface area contributed by atoms with E-state index in [4.69, 9.17) is 5.73 Å². The van der Waals surface area contributed by atoms with E-state index >= 15 is 0 Å². The van der Waals surface area contributed by atoms with Gasteiger partial charge in [0, 0.05) is 5.54 Å². The fourth-order valence-electron chi connectivity index (χ4n) is 1.94. The molecule has 0 bridgehead atoms. The molecule has 68 valence electrons. The van der Waals surface area contributed by atoms with Crippen LogP contribution < -0.4 is 5.73 Å². The summed E-state index contributed by atoms with van der Waals surface area (Å²) in [5.41, 5.74) is 7.37. The first-order valence-corrected chi connectivity index (χ1v) is 4.71. The monoisotopic (exact) mass is 165 g/mol. The van der Waals surface area contributed by atoms with Crippen LogP contribution in [0.3, 0.4) is 0 Å². The van der Waals surface area contributed by atoms with Gasteiger partial charge in [0.05, 0.1) is 0 Å². The van der Waals surface area contributed by atoms with Gasteiger partial charge in [-0.05, 0) is 26.2 Å². The Morgan fingerprint density at radius 3 is 2.92 bits per heavy atom. The summed E-state index contributed by atoms with van der Waals surface area (Å²) in [5, 5.41) is 0. The van der Waals surface area contributed by atoms with E-state index in [1.165, 1.54) is 5.57 Å². The van der Waals surface area contributed by atoms with Gasteiger partial charge in [0.25, 0.3) is 0 Å². The summed E-state index contributed by atoms with van der Waals surface area (Å²) in [4.78, 5) is 0. The lowest BCUT2D eigenvalue weighted by atomic mass is 9.82. The molecule has 12 heavy (non-hydrogen) atoms. The minimum Gasteiger partial charge on any atom is -0.322 e. The summed E-state index contributed by atoms with van der Waals surface area (Å²) in [5.74, 6) is 0.589. The minimum absolute atomic E-state index is 0.123. The van der Waals surface area contributed by atoms with Crippen LogP contribution >= 0.6 is 0 Å². The van der Waals surface area contributed by atoms with Crippen LogP contribution in [0.5, 0.6) is 0 Å². The van der Waals surface area contributed by atoms with Crippen LogP contribution in [0.1, 0.15) is 33.6 Å². The summed E-state index contributed by atoms with van der Waals surface area (Å²) in [6.07, 6.45) is 8.85. The third kappa shape index (κ3) is 1.98. The molecule has 1 nitrogen and oxygen atoms in total. The van der Waals surface area contributed by atoms with Crippen LogP contribution in [-0.4, -0.2) is 5.54 Å². The Hall–Kier alpha value is -0.560. The molecular formula is C11H19N. The van der Waals surface area contributed by atoms with E-state index < -0.39 is 0 Å². The Labute approximate surface area is 75.3 Å². The zero-order valence-electron chi connectivity index (χ0n) is 8.30. The molecule has 0 aromatic rings. The van der Waals surface area contributed by atoms with Gasteiger partial charge in [0.2, 0.25) is 0 Å². The molecular weight excluding hydrogens is 146 g/mol. The summed E-state index contributed by atoms with van der Waals surface area (Å²) in [6.45, 7) is 6.44. The van der Waals surface area contributed by atoms with Crippen LogP contribution in [0.15, 0.2) is 23.8 Å². The predicted molar refractivity (Wildman–Crippen MR) is 53.9 cm³/mol. The highest BCUT2D eigenvalue weighted by Gasteiger charge is 2.26. The topological polar surface area (TPSA) is 26.0 Å². The van der Waals surface area contributed by atoms with Crippen molar-refractivity contribution in [2.45, 2.75) is 39.2 Å². The molecule has 1 rings (SSSR count). The van der Waals surface area contributed by atoms with Crippen molar-refractivity contribution in [1.29, 1.82) is 0 Å². The van der Waals surface area contributed by atoms with Crippen LogP contribution in [-0.2, 0) is 0 Å². The second-order valence-corrected chi connectivity index (χ2v) is 4.00. The number of rotatable bonds is 1. The molecule has 2 N–H and O–H groups in total. The lowest BCUT2D eigenvalue weighted by Gasteiger charge is -2.29. The van der Waals surface area contributed by atoms with Crippen molar-refractivity contribution in [3.63, 3.8) is 0 Å². The predicted octanol–water partition coefficient (Wildman–Crippen LogP) is 2.64. The molecule has 0 radical (unpaired) electrons. The van der Waals surface area contributed by atoms with Crippen molar-refractivity contribution in [2.24, 2.45) is 11.7 Å². The lowest BCUT2D eigenvalue weighted by Crippen LogP contribution is -2.41. The molecule has 2 unspecified atom stereocenters. The number of hydrogen-bond acceptors (Lipinski definition) is 1. The molecule has 0 heterocycles. The van der Waals surface area contributed by atoms with E-state index in [2.05, 4.69) is 39.0 Å². The molecule has 0 fully saturated rings. The Bertz CT molecular complexity index is 211. The highest BCUT2D eigenvalue weighted by atomic mass is 14.7. The average Bonchev–Trinajstić information content (AvgIpc) is 2.07. The average molecular weight is 165 g/mol. The van der Waals surface area contributed by atoms with E-state index in [1.807, 2.05) is 0 Å². The van der Waals surface area contributed by atoms with Crippen molar-refractivity contribution in [1.82, 2.24) is 0 Å². The maximum absolute atomic E-state index is 6.21. The molecule has 1 aliphatic rings. The van der Waals surface area contributed by atoms with Crippen molar-refractivity contribution in [3.05, 3.63) is 23.8 Å². The van der Waals surface area contributed by atoms with Crippen molar-refractivity contribution in [3.8, 4) is 0 Å². The largest absolute Gasteiger partial charge is 0.322 e. The molecule has 0 spiro atoms. The van der Waals surface area contributed by atoms with Crippen molar-refractivity contribution in [2.75, 3.05) is 0 Å². The van der Waals surface area contributed by atoms with E-state index in [-0.39, 0.29) is 5.54 Å². The smallest absolute Gasteiger partial charge is 0.0347 e. The fourth-order valence-corrected chi connectivity index (χ4v) is 1.94. The van der Waals surface area contributed by atoms with Crippen LogP contribution in [0.25, 0.3) is 0 Å². The first-order chi connectivity index (χ1) is 5.56. The summed E-state index contributed by atoms with van der Waals surface area (Å²) in [7, 11) is 0. The SMILES string of the molecule is CCC1CC=CC(C)=CC1(C)N. The van der Waals surface area contributed by atoms with Crippen molar-refractivity contribution < 1.29 is 0 Å². The second kappa shape index (κ2) is 3.44. The quantitative estimate of drug-likeness (QED) is 0.635. The highest BCUT2D eigenvalue weighted by Crippen LogP contribution is 2.27. The standard InChI is InChI=1S/C11H19N/c1-4-10-7-5-6-9(2)8-11(10,3)12/h5-6,8,10H,4,7,12H2,1-3H3. The van der Waals surface area contributed by atoms with Gasteiger partial charge in [-0.2, -0.15) is 0 Å². The maximum Gasteiger partial charge on any atom is 0.0347 e. The summed E-state index contributed by atoms with van der Waals surface area (Å²) in [6, 6.07) is 0. The van der Waals surface area contributed by atoms with Crippen LogP contribution in [0, 0.1) is 5.92 Å². The van der Waals surface area contributed by atoms with E-state index in [0.29, 0.717) is 5.92 Å². The number of nitrogens with two attached hydrogens (primary N) is 1. The molecule has 0 aliphatic heterocycles. The zero-order chi connectivity index (χ0) is 9.19. The van der Waals surface area contributed by atoms with Gasteiger partial charge in [0.15, 0.2) is 0 Å². The minimum atomic E-state index is -0.123. The molecule has 1 heteroatoms. The first kappa shape index (κ1) is 9.53. The van der Waals surface area contributed by atoms with E-state index in [9.17, 15) is 0 Å². The number of allylic oxidation sites excluding steroid dienone is 3. The van der Waals surface area contributed by atoms with Crippen molar-refractivity contribution >= 4 is 0 Å². The Morgan fingerprint density at radius 2 is 2.33 bits per heavy atom. The molecule has 0 aromatic carbocycles. The van der Waals surface area contributed by atoms with Crippen LogP contribution in [0.2, 0.25) is 0 Å². The Morgan fingerprint density at radius 1 is 1.67 bits per heavy atom. The summed E-state index contributed by atoms with van der Waals surface area (Å²) >= 11 is 0. The first-order valence-electron chi connectivity index (χ1n) is 4.71. The maximum atomic E-state index is 6.21. The third-order valence-electron chi connectivity index (χ3n) is 2.71. The van der Waals surface area contributed by atoms with Gasteiger partial charge in [-0.15, -0.1) is 0 Å². The number of hydrogen-bond donors (Lipinski definition) is 1. The second-order valence-electron chi connectivity index (χ2n) is 4.00. The summed E-state index contributed by atoms with van der Waals surface area (Å²) < 4.78 is 0. The van der Waals surface area contributed by atoms with Crippen LogP contribution in [0.4, 0.5) is 0 Å². The van der Waals surface area contributed by atoms with Gasteiger partial charge < -0.3 is 5.73 Å². The zero-order valence-corrected chi connectivity index (χ0v) is 8.30. The Kier molecular flexibility index (Phi) is 2.73.